The standard InChI is InChI=1S/C26H22Cl2N4O2S/c27-19-2-1-3-20(28)23(19)24-18(25(34-31-24)16-5-6-16)14-33-17-8-10-32(11-9-17)26-30-21-7-4-15(13-29)12-22(21)35-26/h1-4,7,12,16-17H,5-6,8-11,14H2. The molecular formula is C26H22Cl2N4O2S. The number of ether oxygens (including phenoxy) is 1. The van der Waals surface area contributed by atoms with Crippen molar-refractivity contribution in [3.63, 3.8) is 0 Å². The van der Waals surface area contributed by atoms with E-state index in [4.69, 9.17) is 42.7 Å². The van der Waals surface area contributed by atoms with E-state index in [0.29, 0.717) is 39.4 Å². The summed E-state index contributed by atoms with van der Waals surface area (Å²) in [5.74, 6) is 1.30. The van der Waals surface area contributed by atoms with Crippen LogP contribution in [0.2, 0.25) is 10.0 Å². The Hall–Kier alpha value is -2.63. The lowest BCUT2D eigenvalue weighted by Gasteiger charge is -2.31. The number of aromatic nitrogens is 2. The van der Waals surface area contributed by atoms with E-state index in [1.54, 1.807) is 11.3 Å². The Morgan fingerprint density at radius 3 is 2.60 bits per heavy atom. The van der Waals surface area contributed by atoms with Gasteiger partial charge in [-0.1, -0.05) is 45.8 Å². The fourth-order valence-corrected chi connectivity index (χ4v) is 6.21. The molecule has 0 bridgehead atoms. The lowest BCUT2D eigenvalue weighted by atomic mass is 10.0. The van der Waals surface area contributed by atoms with Crippen molar-refractivity contribution in [2.75, 3.05) is 18.0 Å². The molecule has 6 rings (SSSR count). The first-order valence-corrected chi connectivity index (χ1v) is 13.3. The first-order valence-electron chi connectivity index (χ1n) is 11.7. The molecule has 1 aliphatic heterocycles. The first-order chi connectivity index (χ1) is 17.1. The molecule has 1 saturated carbocycles. The minimum Gasteiger partial charge on any atom is -0.373 e. The van der Waals surface area contributed by atoms with Gasteiger partial charge >= 0.3 is 0 Å². The lowest BCUT2D eigenvalue weighted by molar-refractivity contribution is 0.0246. The third-order valence-electron chi connectivity index (χ3n) is 6.65. The van der Waals surface area contributed by atoms with Gasteiger partial charge in [0.05, 0.1) is 44.6 Å². The van der Waals surface area contributed by atoms with Gasteiger partial charge in [0.2, 0.25) is 0 Å². The third-order valence-corrected chi connectivity index (χ3v) is 8.36. The molecule has 0 spiro atoms. The van der Waals surface area contributed by atoms with E-state index in [2.05, 4.69) is 16.1 Å². The van der Waals surface area contributed by atoms with E-state index in [-0.39, 0.29) is 6.10 Å². The SMILES string of the molecule is N#Cc1ccc2nc(N3CCC(OCc4c(-c5c(Cl)cccc5Cl)noc4C4CC4)CC3)sc2c1. The minimum atomic E-state index is 0.141. The van der Waals surface area contributed by atoms with Crippen molar-refractivity contribution in [3.05, 3.63) is 63.3 Å². The molecule has 0 atom stereocenters. The largest absolute Gasteiger partial charge is 0.373 e. The summed E-state index contributed by atoms with van der Waals surface area (Å²) in [7, 11) is 0. The predicted octanol–water partition coefficient (Wildman–Crippen LogP) is 7.19. The van der Waals surface area contributed by atoms with Gasteiger partial charge in [0.1, 0.15) is 11.5 Å². The summed E-state index contributed by atoms with van der Waals surface area (Å²) in [5.41, 5.74) is 3.95. The highest BCUT2D eigenvalue weighted by Crippen LogP contribution is 2.46. The van der Waals surface area contributed by atoms with Crippen molar-refractivity contribution in [1.29, 1.82) is 5.26 Å². The molecule has 9 heteroatoms. The number of benzene rings is 2. The summed E-state index contributed by atoms with van der Waals surface area (Å²) in [5, 5.41) is 15.6. The highest BCUT2D eigenvalue weighted by atomic mass is 35.5. The van der Waals surface area contributed by atoms with Crippen molar-refractivity contribution < 1.29 is 9.26 Å². The van der Waals surface area contributed by atoms with Gasteiger partial charge in [-0.25, -0.2) is 4.98 Å². The van der Waals surface area contributed by atoms with Gasteiger partial charge in [0.15, 0.2) is 5.13 Å². The van der Waals surface area contributed by atoms with Crippen LogP contribution < -0.4 is 4.90 Å². The maximum absolute atomic E-state index is 9.15. The van der Waals surface area contributed by atoms with Crippen LogP contribution in [0.4, 0.5) is 5.13 Å². The Morgan fingerprint density at radius 2 is 1.89 bits per heavy atom. The zero-order valence-electron chi connectivity index (χ0n) is 18.8. The Morgan fingerprint density at radius 1 is 1.11 bits per heavy atom. The maximum Gasteiger partial charge on any atom is 0.186 e. The molecular weight excluding hydrogens is 503 g/mol. The van der Waals surface area contributed by atoms with E-state index >= 15 is 0 Å². The molecule has 0 unspecified atom stereocenters. The second-order valence-electron chi connectivity index (χ2n) is 9.03. The number of rotatable bonds is 6. The fraction of sp³-hybridized carbons (Fsp3) is 0.346. The number of piperidine rings is 1. The van der Waals surface area contributed by atoms with Crippen LogP contribution in [0.25, 0.3) is 21.5 Å². The van der Waals surface area contributed by atoms with Crippen LogP contribution in [-0.2, 0) is 11.3 Å². The van der Waals surface area contributed by atoms with Crippen molar-refractivity contribution in [2.24, 2.45) is 0 Å². The predicted molar refractivity (Wildman–Crippen MR) is 138 cm³/mol. The average molecular weight is 525 g/mol. The van der Waals surface area contributed by atoms with Crippen molar-refractivity contribution in [2.45, 2.75) is 44.3 Å². The van der Waals surface area contributed by atoms with E-state index in [1.807, 2.05) is 36.4 Å². The number of thiazole rings is 1. The summed E-state index contributed by atoms with van der Waals surface area (Å²) in [6.45, 7) is 2.17. The quantitative estimate of drug-likeness (QED) is 0.265. The maximum atomic E-state index is 9.15. The Balaban J connectivity index is 1.15. The molecule has 178 valence electrons. The topological polar surface area (TPSA) is 75.2 Å². The molecule has 2 aromatic carbocycles. The highest BCUT2D eigenvalue weighted by Gasteiger charge is 2.34. The number of hydrogen-bond acceptors (Lipinski definition) is 7. The van der Waals surface area contributed by atoms with Gasteiger partial charge in [-0.05, 0) is 56.0 Å². The van der Waals surface area contributed by atoms with Crippen LogP contribution in [0, 0.1) is 11.3 Å². The van der Waals surface area contributed by atoms with Crippen LogP contribution in [-0.4, -0.2) is 29.3 Å². The molecule has 4 aromatic rings. The normalized spacial score (nSPS) is 16.7. The lowest BCUT2D eigenvalue weighted by Crippen LogP contribution is -2.36. The molecule has 35 heavy (non-hydrogen) atoms. The Labute approximate surface area is 217 Å². The van der Waals surface area contributed by atoms with Crippen LogP contribution in [0.1, 0.15) is 48.5 Å². The molecule has 2 aliphatic rings. The van der Waals surface area contributed by atoms with Gasteiger partial charge in [-0.15, -0.1) is 0 Å². The van der Waals surface area contributed by atoms with Crippen molar-refractivity contribution in [1.82, 2.24) is 10.1 Å². The summed E-state index contributed by atoms with van der Waals surface area (Å²) in [6.07, 6.45) is 4.17. The van der Waals surface area contributed by atoms with Crippen LogP contribution >= 0.6 is 34.5 Å². The fourth-order valence-electron chi connectivity index (χ4n) is 4.58. The van der Waals surface area contributed by atoms with Crippen LogP contribution in [0.5, 0.6) is 0 Å². The molecule has 2 fully saturated rings. The van der Waals surface area contributed by atoms with Crippen LogP contribution in [0.15, 0.2) is 40.9 Å². The third kappa shape index (κ3) is 4.52. The van der Waals surface area contributed by atoms with E-state index in [9.17, 15) is 0 Å². The summed E-state index contributed by atoms with van der Waals surface area (Å²) < 4.78 is 13.2. The minimum absolute atomic E-state index is 0.141. The van der Waals surface area contributed by atoms with Gasteiger partial charge in [-0.2, -0.15) is 5.26 Å². The van der Waals surface area contributed by atoms with E-state index in [0.717, 1.165) is 65.4 Å². The summed E-state index contributed by atoms with van der Waals surface area (Å²) in [6, 6.07) is 13.3. The molecule has 0 N–H and O–H groups in total. The molecule has 1 saturated heterocycles. The van der Waals surface area contributed by atoms with Gasteiger partial charge in [-0.3, -0.25) is 0 Å². The van der Waals surface area contributed by atoms with Crippen molar-refractivity contribution >= 4 is 49.9 Å². The molecule has 1 aliphatic carbocycles. The van der Waals surface area contributed by atoms with Gasteiger partial charge in [0.25, 0.3) is 0 Å². The number of halogens is 2. The number of hydrogen-bond donors (Lipinski definition) is 0. The Kier molecular flexibility index (Phi) is 6.15. The molecule has 2 aromatic heterocycles. The first kappa shape index (κ1) is 22.8. The van der Waals surface area contributed by atoms with Crippen molar-refractivity contribution in [3.8, 4) is 17.3 Å². The number of fused-ring (bicyclic) bond motifs is 1. The Bertz CT molecular complexity index is 1410. The summed E-state index contributed by atoms with van der Waals surface area (Å²) >= 11 is 14.6. The zero-order chi connectivity index (χ0) is 23.9. The second kappa shape index (κ2) is 9.44. The monoisotopic (exact) mass is 524 g/mol. The average Bonchev–Trinajstić information content (AvgIpc) is 3.49. The zero-order valence-corrected chi connectivity index (χ0v) is 21.2. The van der Waals surface area contributed by atoms with E-state index < -0.39 is 0 Å². The highest BCUT2D eigenvalue weighted by molar-refractivity contribution is 7.22. The second-order valence-corrected chi connectivity index (χ2v) is 10.9. The molecule has 6 nitrogen and oxygen atoms in total. The number of nitrogens with zero attached hydrogens (tertiary/aromatic N) is 4. The number of nitriles is 1. The van der Waals surface area contributed by atoms with Crippen LogP contribution in [0.3, 0.4) is 0 Å². The smallest absolute Gasteiger partial charge is 0.186 e. The van der Waals surface area contributed by atoms with Gasteiger partial charge in [0, 0.05) is 30.1 Å². The molecule has 0 amide bonds. The summed E-state index contributed by atoms with van der Waals surface area (Å²) in [4.78, 5) is 7.08. The molecule has 3 heterocycles. The number of anilines is 1. The van der Waals surface area contributed by atoms with E-state index in [1.165, 1.54) is 0 Å². The van der Waals surface area contributed by atoms with Gasteiger partial charge < -0.3 is 14.2 Å². The molecule has 0 radical (unpaired) electrons.